The predicted octanol–water partition coefficient (Wildman–Crippen LogP) is 2.75. The molecule has 1 N–H and O–H groups in total. The van der Waals surface area contributed by atoms with Gasteiger partial charge in [0, 0.05) is 17.8 Å². The second-order valence-electron chi connectivity index (χ2n) is 7.10. The molecule has 1 aliphatic carbocycles. The molecule has 7 heteroatoms. The van der Waals surface area contributed by atoms with Crippen LogP contribution < -0.4 is 5.32 Å². The van der Waals surface area contributed by atoms with E-state index < -0.39 is 9.84 Å². The summed E-state index contributed by atoms with van der Waals surface area (Å²) in [5.41, 5.74) is 0. The van der Waals surface area contributed by atoms with Gasteiger partial charge in [-0.2, -0.15) is 0 Å². The minimum absolute atomic E-state index is 0.0170. The maximum atomic E-state index is 12.3. The molecule has 0 radical (unpaired) electrons. The van der Waals surface area contributed by atoms with Crippen molar-refractivity contribution >= 4 is 27.1 Å². The molecule has 2 fully saturated rings. The predicted molar refractivity (Wildman–Crippen MR) is 102 cm³/mol. The summed E-state index contributed by atoms with van der Waals surface area (Å²) in [6.07, 6.45) is 6.00. The number of hydrogen-bond donors (Lipinski definition) is 1. The highest BCUT2D eigenvalue weighted by molar-refractivity contribution is 7.92. The van der Waals surface area contributed by atoms with E-state index in [1.807, 2.05) is 6.07 Å². The summed E-state index contributed by atoms with van der Waals surface area (Å²) in [5.74, 6) is -0.168. The summed E-state index contributed by atoms with van der Waals surface area (Å²) in [7, 11) is -3.12. The number of rotatable bonds is 8. The molecule has 1 aromatic rings. The van der Waals surface area contributed by atoms with E-state index in [0.717, 1.165) is 38.8 Å². The fourth-order valence-corrected chi connectivity index (χ4v) is 6.61. The fourth-order valence-electron chi connectivity index (χ4n) is 3.89. The van der Waals surface area contributed by atoms with Crippen molar-refractivity contribution in [1.29, 1.82) is 0 Å². The number of carbonyl (C=O) groups excluding carboxylic acids is 1. The summed E-state index contributed by atoms with van der Waals surface area (Å²) < 4.78 is 24.6. The van der Waals surface area contributed by atoms with Crippen molar-refractivity contribution in [3.63, 3.8) is 0 Å². The number of thiophene rings is 1. The highest BCUT2D eigenvalue weighted by Gasteiger charge is 2.29. The van der Waals surface area contributed by atoms with Crippen LogP contribution in [0.1, 0.15) is 55.9 Å². The lowest BCUT2D eigenvalue weighted by molar-refractivity contribution is -0.120. The van der Waals surface area contributed by atoms with Crippen LogP contribution in [-0.4, -0.2) is 49.9 Å². The van der Waals surface area contributed by atoms with Crippen LogP contribution in [0.5, 0.6) is 0 Å². The first-order valence-electron chi connectivity index (χ1n) is 9.32. The van der Waals surface area contributed by atoms with Crippen molar-refractivity contribution in [1.82, 2.24) is 10.2 Å². The Hall–Kier alpha value is -0.920. The van der Waals surface area contributed by atoms with Crippen LogP contribution in [0.4, 0.5) is 0 Å². The quantitative estimate of drug-likeness (QED) is 0.748. The first-order valence-corrected chi connectivity index (χ1v) is 11.9. The first-order chi connectivity index (χ1) is 12.1. The van der Waals surface area contributed by atoms with E-state index >= 15 is 0 Å². The van der Waals surface area contributed by atoms with Crippen LogP contribution in [-0.2, 0) is 14.6 Å². The highest BCUT2D eigenvalue weighted by atomic mass is 32.2. The molecule has 2 heterocycles. The van der Waals surface area contributed by atoms with Crippen LogP contribution in [0.2, 0.25) is 0 Å². The van der Waals surface area contributed by atoms with Crippen LogP contribution >= 0.6 is 11.3 Å². The molecule has 1 aromatic heterocycles. The molecule has 3 rings (SSSR count). The van der Waals surface area contributed by atoms with Gasteiger partial charge in [-0.05, 0) is 50.2 Å². The van der Waals surface area contributed by atoms with Gasteiger partial charge in [-0.1, -0.05) is 18.9 Å². The van der Waals surface area contributed by atoms with Gasteiger partial charge in [0.05, 0.1) is 17.0 Å². The van der Waals surface area contributed by atoms with Crippen LogP contribution in [0.15, 0.2) is 17.5 Å². The van der Waals surface area contributed by atoms with Gasteiger partial charge in [-0.3, -0.25) is 9.69 Å². The maximum absolute atomic E-state index is 12.3. The summed E-state index contributed by atoms with van der Waals surface area (Å²) in [6.45, 7) is 2.69. The molecule has 1 aliphatic heterocycles. The van der Waals surface area contributed by atoms with Crippen molar-refractivity contribution in [2.24, 2.45) is 0 Å². The number of nitrogens with zero attached hydrogens (tertiary/aromatic N) is 1. The van der Waals surface area contributed by atoms with Gasteiger partial charge in [-0.15, -0.1) is 11.3 Å². The van der Waals surface area contributed by atoms with Crippen LogP contribution in [0.25, 0.3) is 0 Å². The first kappa shape index (κ1) is 18.9. The molecule has 0 spiro atoms. The van der Waals surface area contributed by atoms with Crippen molar-refractivity contribution in [3.8, 4) is 0 Å². The Kier molecular flexibility index (Phi) is 6.52. The van der Waals surface area contributed by atoms with Gasteiger partial charge in [0.1, 0.15) is 0 Å². The SMILES string of the molecule is O=C(CCS(=O)(=O)C1CCCC1)NC[C@@H](c1cccs1)N1CCCC1. The van der Waals surface area contributed by atoms with Gasteiger partial charge < -0.3 is 5.32 Å². The third-order valence-corrected chi connectivity index (χ3v) is 8.60. The molecule has 1 saturated carbocycles. The smallest absolute Gasteiger partial charge is 0.221 e. The van der Waals surface area contributed by atoms with Crippen LogP contribution in [0, 0.1) is 0 Å². The van der Waals surface area contributed by atoms with Crippen molar-refractivity contribution in [2.45, 2.75) is 56.2 Å². The van der Waals surface area contributed by atoms with Gasteiger partial charge in [0.25, 0.3) is 0 Å². The minimum atomic E-state index is -3.12. The molecule has 0 unspecified atom stereocenters. The number of amides is 1. The molecule has 140 valence electrons. The van der Waals surface area contributed by atoms with Crippen molar-refractivity contribution < 1.29 is 13.2 Å². The standard InChI is InChI=1S/C18H28N2O3S2/c21-18(9-13-25(22,23)15-6-1-2-7-15)19-14-16(17-8-5-12-24-17)20-10-3-4-11-20/h5,8,12,15-16H,1-4,6-7,9-11,13-14H2,(H,19,21)/t16-/m0/s1. The maximum Gasteiger partial charge on any atom is 0.221 e. The molecule has 0 aromatic carbocycles. The molecule has 1 amide bonds. The van der Waals surface area contributed by atoms with E-state index in [2.05, 4.69) is 21.7 Å². The Morgan fingerprint density at radius 2 is 1.96 bits per heavy atom. The van der Waals surface area contributed by atoms with Gasteiger partial charge in [0.15, 0.2) is 9.84 Å². The molecule has 1 atom stereocenters. The van der Waals surface area contributed by atoms with Crippen molar-refractivity contribution in [3.05, 3.63) is 22.4 Å². The third-order valence-electron chi connectivity index (χ3n) is 5.37. The van der Waals surface area contributed by atoms with E-state index in [0.29, 0.717) is 6.54 Å². The second-order valence-corrected chi connectivity index (χ2v) is 10.5. The summed E-state index contributed by atoms with van der Waals surface area (Å²) >= 11 is 1.72. The van der Waals surface area contributed by atoms with Gasteiger partial charge in [-0.25, -0.2) is 8.42 Å². The number of likely N-dealkylation sites (tertiary alicyclic amines) is 1. The minimum Gasteiger partial charge on any atom is -0.354 e. The molecule has 5 nitrogen and oxygen atoms in total. The second kappa shape index (κ2) is 8.64. The Bertz CT molecular complexity index is 646. The van der Waals surface area contributed by atoms with E-state index in [1.54, 1.807) is 11.3 Å². The Morgan fingerprint density at radius 1 is 1.24 bits per heavy atom. The van der Waals surface area contributed by atoms with Gasteiger partial charge >= 0.3 is 0 Å². The number of carbonyl (C=O) groups is 1. The van der Waals surface area contributed by atoms with Gasteiger partial charge in [0.2, 0.25) is 5.91 Å². The number of nitrogens with one attached hydrogen (secondary N) is 1. The van der Waals surface area contributed by atoms with E-state index in [1.165, 1.54) is 17.7 Å². The molecular weight excluding hydrogens is 356 g/mol. The molecule has 1 saturated heterocycles. The average molecular weight is 385 g/mol. The third kappa shape index (κ3) is 5.05. The topological polar surface area (TPSA) is 66.5 Å². The lowest BCUT2D eigenvalue weighted by atomic mass is 10.2. The van der Waals surface area contributed by atoms with Crippen molar-refractivity contribution in [2.75, 3.05) is 25.4 Å². The summed E-state index contributed by atoms with van der Waals surface area (Å²) in [5, 5.41) is 4.82. The summed E-state index contributed by atoms with van der Waals surface area (Å²) in [6, 6.07) is 4.36. The average Bonchev–Trinajstić information content (AvgIpc) is 3.35. The zero-order chi connectivity index (χ0) is 17.7. The van der Waals surface area contributed by atoms with E-state index in [4.69, 9.17) is 0 Å². The lowest BCUT2D eigenvalue weighted by Crippen LogP contribution is -2.37. The highest BCUT2D eigenvalue weighted by Crippen LogP contribution is 2.28. The Labute approximate surface area is 154 Å². The fraction of sp³-hybridized carbons (Fsp3) is 0.722. The molecule has 0 bridgehead atoms. The number of sulfone groups is 1. The number of hydrogen-bond acceptors (Lipinski definition) is 5. The van der Waals surface area contributed by atoms with E-state index in [9.17, 15) is 13.2 Å². The monoisotopic (exact) mass is 384 g/mol. The summed E-state index contributed by atoms with van der Waals surface area (Å²) in [4.78, 5) is 15.9. The zero-order valence-electron chi connectivity index (χ0n) is 14.7. The van der Waals surface area contributed by atoms with Crippen LogP contribution in [0.3, 0.4) is 0 Å². The zero-order valence-corrected chi connectivity index (χ0v) is 16.3. The molecule has 25 heavy (non-hydrogen) atoms. The normalized spacial score (nSPS) is 20.8. The molecular formula is C18H28N2O3S2. The molecule has 2 aliphatic rings. The largest absolute Gasteiger partial charge is 0.354 e. The Morgan fingerprint density at radius 3 is 2.60 bits per heavy atom. The Balaban J connectivity index is 1.49. The lowest BCUT2D eigenvalue weighted by Gasteiger charge is -2.27. The van der Waals surface area contributed by atoms with E-state index in [-0.39, 0.29) is 29.4 Å².